The summed E-state index contributed by atoms with van der Waals surface area (Å²) in [6.07, 6.45) is 8.87. The van der Waals surface area contributed by atoms with Gasteiger partial charge in [-0.1, -0.05) is 49.6 Å². The molecule has 148 valence electrons. The zero-order chi connectivity index (χ0) is 19.6. The number of ether oxygens (including phenoxy) is 1. The molecule has 2 fully saturated rings. The molecule has 2 atom stereocenters. The van der Waals surface area contributed by atoms with Gasteiger partial charge in [-0.2, -0.15) is 10.2 Å². The van der Waals surface area contributed by atoms with Crippen LogP contribution in [0.15, 0.2) is 42.6 Å². The van der Waals surface area contributed by atoms with Crippen LogP contribution in [0.2, 0.25) is 0 Å². The highest BCUT2D eigenvalue weighted by Gasteiger charge is 2.57. The summed E-state index contributed by atoms with van der Waals surface area (Å²) >= 11 is 0. The Morgan fingerprint density at radius 1 is 1.21 bits per heavy atom. The third kappa shape index (κ3) is 3.32. The Kier molecular flexibility index (Phi) is 5.44. The lowest BCUT2D eigenvalue weighted by Crippen LogP contribution is -2.65. The van der Waals surface area contributed by atoms with Crippen molar-refractivity contribution in [1.29, 1.82) is 0 Å². The first-order chi connectivity index (χ1) is 13.7. The van der Waals surface area contributed by atoms with Crippen molar-refractivity contribution in [1.82, 2.24) is 15.1 Å². The molecule has 1 aromatic heterocycles. The third-order valence-electron chi connectivity index (χ3n) is 6.65. The summed E-state index contributed by atoms with van der Waals surface area (Å²) in [7, 11) is 1.94. The molecule has 0 radical (unpaired) electrons. The first kappa shape index (κ1) is 19.1. The zero-order valence-corrected chi connectivity index (χ0v) is 16.8. The Morgan fingerprint density at radius 3 is 2.68 bits per heavy atom. The second kappa shape index (κ2) is 8.00. The van der Waals surface area contributed by atoms with Crippen LogP contribution < -0.4 is 0 Å². The van der Waals surface area contributed by atoms with E-state index in [0.717, 1.165) is 37.1 Å². The minimum Gasteiger partial charge on any atom is -0.378 e. The Balaban J connectivity index is 1.55. The van der Waals surface area contributed by atoms with Gasteiger partial charge in [0.1, 0.15) is 0 Å². The predicted molar refractivity (Wildman–Crippen MR) is 109 cm³/mol. The highest BCUT2D eigenvalue weighted by atomic mass is 16.5. The fraction of sp³-hybridized carbons (Fsp3) is 0.522. The van der Waals surface area contributed by atoms with E-state index < -0.39 is 0 Å². The summed E-state index contributed by atoms with van der Waals surface area (Å²) in [4.78, 5) is 15.2. The molecule has 2 aliphatic rings. The van der Waals surface area contributed by atoms with Gasteiger partial charge in [0, 0.05) is 30.7 Å². The lowest BCUT2D eigenvalue weighted by atomic mass is 9.54. The average Bonchev–Trinajstić information content (AvgIpc) is 2.76. The molecular weight excluding hydrogens is 350 g/mol. The molecule has 1 heterocycles. The second-order valence-corrected chi connectivity index (χ2v) is 8.10. The van der Waals surface area contributed by atoms with Gasteiger partial charge in [0.25, 0.3) is 5.91 Å². The molecular formula is C23H29N3O2. The molecule has 4 rings (SSSR count). The maximum absolute atomic E-state index is 13.3. The van der Waals surface area contributed by atoms with E-state index in [1.807, 2.05) is 48.3 Å². The summed E-state index contributed by atoms with van der Waals surface area (Å²) < 4.78 is 6.05. The number of amides is 1. The van der Waals surface area contributed by atoms with Crippen LogP contribution in [0.25, 0.3) is 11.3 Å². The smallest absolute Gasteiger partial charge is 0.255 e. The highest BCUT2D eigenvalue weighted by molar-refractivity contribution is 5.95. The predicted octanol–water partition coefficient (Wildman–Crippen LogP) is 4.34. The molecule has 0 saturated heterocycles. The van der Waals surface area contributed by atoms with E-state index in [1.54, 1.807) is 6.20 Å². The third-order valence-corrected chi connectivity index (χ3v) is 6.65. The topological polar surface area (TPSA) is 55.3 Å². The number of aromatic nitrogens is 2. The summed E-state index contributed by atoms with van der Waals surface area (Å²) in [6, 6.07) is 12.0. The monoisotopic (exact) mass is 379 g/mol. The first-order valence-electron chi connectivity index (χ1n) is 10.4. The zero-order valence-electron chi connectivity index (χ0n) is 16.8. The normalized spacial score (nSPS) is 23.2. The fourth-order valence-corrected chi connectivity index (χ4v) is 5.15. The molecule has 1 amide bonds. The van der Waals surface area contributed by atoms with Gasteiger partial charge in [0.15, 0.2) is 0 Å². The van der Waals surface area contributed by atoms with Crippen LogP contribution in [-0.4, -0.2) is 46.8 Å². The lowest BCUT2D eigenvalue weighted by molar-refractivity contribution is -0.170. The second-order valence-electron chi connectivity index (χ2n) is 8.10. The molecule has 5 heteroatoms. The number of carbonyl (C=O) groups is 1. The molecule has 5 nitrogen and oxygen atoms in total. The van der Waals surface area contributed by atoms with Crippen LogP contribution >= 0.6 is 0 Å². The summed E-state index contributed by atoms with van der Waals surface area (Å²) in [6.45, 7) is 2.80. The molecule has 0 aliphatic heterocycles. The quantitative estimate of drug-likeness (QED) is 0.775. The Bertz CT molecular complexity index is 818. The van der Waals surface area contributed by atoms with Gasteiger partial charge in [-0.25, -0.2) is 0 Å². The van der Waals surface area contributed by atoms with Gasteiger partial charge >= 0.3 is 0 Å². The largest absolute Gasteiger partial charge is 0.378 e. The number of benzene rings is 1. The van der Waals surface area contributed by atoms with Crippen molar-refractivity contribution in [3.05, 3.63) is 48.2 Å². The maximum atomic E-state index is 13.3. The van der Waals surface area contributed by atoms with Crippen LogP contribution in [0.4, 0.5) is 0 Å². The van der Waals surface area contributed by atoms with Crippen LogP contribution in [-0.2, 0) is 4.74 Å². The first-order valence-corrected chi connectivity index (χ1v) is 10.4. The van der Waals surface area contributed by atoms with Gasteiger partial charge < -0.3 is 9.64 Å². The van der Waals surface area contributed by atoms with Crippen molar-refractivity contribution in [3.63, 3.8) is 0 Å². The summed E-state index contributed by atoms with van der Waals surface area (Å²) in [5.74, 6) is 0.0250. The number of rotatable bonds is 5. The van der Waals surface area contributed by atoms with E-state index in [2.05, 4.69) is 17.1 Å². The SMILES string of the molecule is CCO[C@H]1C[C@@H](N(C)C(=O)c2cnnc(-c3ccccc3)c2)C12CCCCC2. The summed E-state index contributed by atoms with van der Waals surface area (Å²) in [5.41, 5.74) is 2.42. The van der Waals surface area contributed by atoms with Crippen molar-refractivity contribution in [3.8, 4) is 11.3 Å². The average molecular weight is 380 g/mol. The van der Waals surface area contributed by atoms with Crippen LogP contribution in [0.5, 0.6) is 0 Å². The molecule has 2 saturated carbocycles. The van der Waals surface area contributed by atoms with Gasteiger partial charge in [-0.15, -0.1) is 0 Å². The van der Waals surface area contributed by atoms with Crippen LogP contribution in [0, 0.1) is 5.41 Å². The maximum Gasteiger partial charge on any atom is 0.255 e. The summed E-state index contributed by atoms with van der Waals surface area (Å²) in [5, 5.41) is 8.30. The van der Waals surface area contributed by atoms with Gasteiger partial charge in [0.05, 0.1) is 23.6 Å². The molecule has 1 spiro atoms. The molecule has 1 aromatic carbocycles. The molecule has 0 N–H and O–H groups in total. The number of carbonyl (C=O) groups excluding carboxylic acids is 1. The van der Waals surface area contributed by atoms with Crippen LogP contribution in [0.3, 0.4) is 0 Å². The molecule has 0 unspecified atom stereocenters. The van der Waals surface area contributed by atoms with Gasteiger partial charge in [0.2, 0.25) is 0 Å². The number of hydrogen-bond donors (Lipinski definition) is 0. The van der Waals surface area contributed by atoms with Crippen LogP contribution in [0.1, 0.15) is 55.8 Å². The van der Waals surface area contributed by atoms with E-state index in [0.29, 0.717) is 5.56 Å². The Hall–Kier alpha value is -2.27. The van der Waals surface area contributed by atoms with Crippen molar-refractivity contribution in [2.45, 2.75) is 57.6 Å². The number of hydrogen-bond acceptors (Lipinski definition) is 4. The molecule has 28 heavy (non-hydrogen) atoms. The standard InChI is InChI=1S/C23H29N3O2/c1-3-28-21-15-20(23(21)12-8-5-9-13-23)26(2)22(27)18-14-19(25-24-16-18)17-10-6-4-7-11-17/h4,6-7,10-11,14,16,20-21H,3,5,8-9,12-13,15H2,1-2H3/t20-,21+/m1/s1. The van der Waals surface area contributed by atoms with Gasteiger partial charge in [-0.05, 0) is 32.3 Å². The van der Waals surface area contributed by atoms with Crippen molar-refractivity contribution in [2.24, 2.45) is 5.41 Å². The van der Waals surface area contributed by atoms with E-state index in [-0.39, 0.29) is 23.5 Å². The minimum atomic E-state index is 0.0250. The Labute approximate surface area is 167 Å². The van der Waals surface area contributed by atoms with Crippen molar-refractivity contribution >= 4 is 5.91 Å². The van der Waals surface area contributed by atoms with Crippen molar-refractivity contribution < 1.29 is 9.53 Å². The molecule has 2 aliphatic carbocycles. The molecule has 0 bridgehead atoms. The van der Waals surface area contributed by atoms with E-state index in [9.17, 15) is 4.79 Å². The van der Waals surface area contributed by atoms with E-state index in [4.69, 9.17) is 4.74 Å². The van der Waals surface area contributed by atoms with Gasteiger partial charge in [-0.3, -0.25) is 4.79 Å². The number of nitrogens with zero attached hydrogens (tertiary/aromatic N) is 3. The lowest BCUT2D eigenvalue weighted by Gasteiger charge is -2.60. The Morgan fingerprint density at radius 2 is 1.96 bits per heavy atom. The molecule has 2 aromatic rings. The minimum absolute atomic E-state index is 0.0250. The fourth-order valence-electron chi connectivity index (χ4n) is 5.15. The van der Waals surface area contributed by atoms with Crippen molar-refractivity contribution in [2.75, 3.05) is 13.7 Å². The highest BCUT2D eigenvalue weighted by Crippen LogP contribution is 2.55. The van der Waals surface area contributed by atoms with E-state index in [1.165, 1.54) is 19.3 Å². The van der Waals surface area contributed by atoms with E-state index >= 15 is 0 Å².